The number of hydrogen-bond acceptors (Lipinski definition) is 2. The van der Waals surface area contributed by atoms with Gasteiger partial charge in [-0.3, -0.25) is 0 Å². The largest absolute Gasteiger partial charge is 0.748 e. The Morgan fingerprint density at radius 1 is 1.00 bits per heavy atom. The standard InChI is InChI=1S/C15H14NO.C5H5.Fe/c16-11-13-7-5-12(6-8-13)9-10-15(17)14-3-1-2-4-14;1-2-4-5-3-1;/h1-10H,11,16H2;1-5H;/q-1;-5;. The van der Waals surface area contributed by atoms with E-state index in [1.807, 2.05) is 84.9 Å². The van der Waals surface area contributed by atoms with Crippen molar-refractivity contribution >= 4 is 11.9 Å². The topological polar surface area (TPSA) is 43.1 Å². The molecule has 0 amide bonds. The molecule has 0 spiro atoms. The summed E-state index contributed by atoms with van der Waals surface area (Å²) < 4.78 is 0. The summed E-state index contributed by atoms with van der Waals surface area (Å²) in [6.07, 6.45) is 3.41. The van der Waals surface area contributed by atoms with Crippen LogP contribution in [0.1, 0.15) is 21.5 Å². The molecule has 0 atom stereocenters. The molecule has 124 valence electrons. The zero-order valence-electron chi connectivity index (χ0n) is 12.7. The van der Waals surface area contributed by atoms with E-state index in [2.05, 4.69) is 0 Å². The first kappa shape index (κ1) is 18.9. The second-order valence-electron chi connectivity index (χ2n) is 4.78. The zero-order valence-corrected chi connectivity index (χ0v) is 13.8. The monoisotopic (exact) mass is 345 g/mol. The van der Waals surface area contributed by atoms with E-state index < -0.39 is 0 Å². The molecule has 2 N–H and O–H groups in total. The van der Waals surface area contributed by atoms with Crippen molar-refractivity contribution in [3.63, 3.8) is 0 Å². The summed E-state index contributed by atoms with van der Waals surface area (Å²) in [6, 6.07) is 25.2. The third kappa shape index (κ3) is 6.62. The van der Waals surface area contributed by atoms with Crippen LogP contribution in [0.2, 0.25) is 0 Å². The van der Waals surface area contributed by atoms with E-state index >= 15 is 0 Å². The van der Waals surface area contributed by atoms with Crippen molar-refractivity contribution in [3.05, 3.63) is 102 Å². The molecular weight excluding hydrogens is 326 g/mol. The second-order valence-corrected chi connectivity index (χ2v) is 4.78. The van der Waals surface area contributed by atoms with Crippen LogP contribution in [0.4, 0.5) is 0 Å². The first-order chi connectivity index (χ1) is 10.8. The smallest absolute Gasteiger partial charge is 0.105 e. The molecule has 0 unspecified atom stereocenters. The minimum atomic E-state index is 0. The summed E-state index contributed by atoms with van der Waals surface area (Å²) in [5.41, 5.74) is 8.33. The molecule has 23 heavy (non-hydrogen) atoms. The Hall–Kier alpha value is -2.19. The quantitative estimate of drug-likeness (QED) is 0.334. The fourth-order valence-electron chi connectivity index (χ4n) is 1.89. The predicted octanol–water partition coefficient (Wildman–Crippen LogP) is 4.16. The molecule has 0 aliphatic carbocycles. The predicted molar refractivity (Wildman–Crippen MR) is 91.8 cm³/mol. The molecule has 0 fully saturated rings. The number of nitrogens with two attached hydrogens (primary N) is 1. The van der Waals surface area contributed by atoms with Crippen LogP contribution in [0.5, 0.6) is 0 Å². The van der Waals surface area contributed by atoms with Crippen molar-refractivity contribution in [1.82, 2.24) is 0 Å². The minimum absolute atomic E-state index is 0. The van der Waals surface area contributed by atoms with Gasteiger partial charge in [-0.15, -0.1) is 12.1 Å². The third-order valence-corrected chi connectivity index (χ3v) is 3.15. The van der Waals surface area contributed by atoms with Crippen molar-refractivity contribution in [1.29, 1.82) is 0 Å². The van der Waals surface area contributed by atoms with Crippen LogP contribution in [0.3, 0.4) is 0 Å². The van der Waals surface area contributed by atoms with E-state index in [0.29, 0.717) is 6.54 Å². The molecule has 0 radical (unpaired) electrons. The van der Waals surface area contributed by atoms with Gasteiger partial charge in [0.05, 0.1) is 0 Å². The summed E-state index contributed by atoms with van der Waals surface area (Å²) in [4.78, 5) is 11.7. The van der Waals surface area contributed by atoms with Gasteiger partial charge >= 0.3 is 0 Å². The molecule has 0 aliphatic rings. The van der Waals surface area contributed by atoms with Crippen LogP contribution < -0.4 is 5.73 Å². The maximum absolute atomic E-state index is 11.7. The van der Waals surface area contributed by atoms with E-state index in [4.69, 9.17) is 5.73 Å². The van der Waals surface area contributed by atoms with Crippen LogP contribution in [0, 0.1) is 0 Å². The molecule has 0 bridgehead atoms. The SMILES string of the molecule is NCc1ccc(C=CC(=O)[c-]2cccc2)cc1.[Fe].[cH-]1[cH-][cH-][cH-][cH-]1. The van der Waals surface area contributed by atoms with Gasteiger partial charge in [-0.1, -0.05) is 42.0 Å². The molecule has 0 aliphatic heterocycles. The van der Waals surface area contributed by atoms with E-state index in [9.17, 15) is 4.79 Å². The summed E-state index contributed by atoms with van der Waals surface area (Å²) in [5, 5.41) is 0. The van der Waals surface area contributed by atoms with Crippen molar-refractivity contribution in [2.75, 3.05) is 0 Å². The van der Waals surface area contributed by atoms with Crippen LogP contribution in [-0.4, -0.2) is 5.78 Å². The Labute approximate surface area is 147 Å². The van der Waals surface area contributed by atoms with E-state index in [1.54, 1.807) is 6.08 Å². The number of carbonyl (C=O) groups is 1. The van der Waals surface area contributed by atoms with Gasteiger partial charge in [-0.05, 0) is 11.1 Å². The Morgan fingerprint density at radius 3 is 2.00 bits per heavy atom. The number of hydrogen-bond donors (Lipinski definition) is 1. The maximum atomic E-state index is 11.7. The second kappa shape index (κ2) is 10.5. The first-order valence-corrected chi connectivity index (χ1v) is 7.19. The molecule has 3 heteroatoms. The average Bonchev–Trinajstić information content (AvgIpc) is 3.28. The van der Waals surface area contributed by atoms with Crippen molar-refractivity contribution in [2.45, 2.75) is 6.54 Å². The normalized spacial score (nSPS) is 9.78. The molecule has 3 aromatic rings. The number of rotatable bonds is 4. The molecule has 0 aromatic heterocycles. The van der Waals surface area contributed by atoms with Gasteiger partial charge in [-0.2, -0.15) is 12.1 Å². The third-order valence-electron chi connectivity index (χ3n) is 3.15. The molecule has 0 saturated heterocycles. The summed E-state index contributed by atoms with van der Waals surface area (Å²) in [5.74, 6) is 0.0258. The Kier molecular flexibility index (Phi) is 8.63. The van der Waals surface area contributed by atoms with Gasteiger partial charge in [0, 0.05) is 23.6 Å². The molecule has 3 aromatic carbocycles. The Bertz CT molecular complexity index is 663. The fourth-order valence-corrected chi connectivity index (χ4v) is 1.89. The van der Waals surface area contributed by atoms with Crippen LogP contribution >= 0.6 is 0 Å². The maximum Gasteiger partial charge on any atom is 0.105 e. The van der Waals surface area contributed by atoms with Gasteiger partial charge in [0.15, 0.2) is 0 Å². The van der Waals surface area contributed by atoms with Crippen molar-refractivity contribution in [3.8, 4) is 0 Å². The summed E-state index contributed by atoms with van der Waals surface area (Å²) >= 11 is 0. The number of ketones is 1. The molecule has 0 saturated carbocycles. The molecule has 2 nitrogen and oxygen atoms in total. The number of carbonyl (C=O) groups excluding carboxylic acids is 1. The zero-order chi connectivity index (χ0) is 15.6. The van der Waals surface area contributed by atoms with Gasteiger partial charge < -0.3 is 40.9 Å². The molecular formula is C20H19FeNO-6. The van der Waals surface area contributed by atoms with Crippen molar-refractivity contribution < 1.29 is 21.9 Å². The Balaban J connectivity index is 0.000000377. The van der Waals surface area contributed by atoms with E-state index in [0.717, 1.165) is 16.7 Å². The van der Waals surface area contributed by atoms with Crippen LogP contribution in [0.15, 0.2) is 84.9 Å². The van der Waals surface area contributed by atoms with Gasteiger partial charge in [-0.25, -0.2) is 0 Å². The molecule has 3 rings (SSSR count). The van der Waals surface area contributed by atoms with Gasteiger partial charge in [0.25, 0.3) is 0 Å². The fraction of sp³-hybridized carbons (Fsp3) is 0.0500. The van der Waals surface area contributed by atoms with E-state index in [-0.39, 0.29) is 22.9 Å². The van der Waals surface area contributed by atoms with Gasteiger partial charge in [0.2, 0.25) is 0 Å². The van der Waals surface area contributed by atoms with Crippen LogP contribution in [0.25, 0.3) is 6.08 Å². The average molecular weight is 345 g/mol. The Morgan fingerprint density at radius 2 is 1.52 bits per heavy atom. The van der Waals surface area contributed by atoms with E-state index in [1.165, 1.54) is 0 Å². The summed E-state index contributed by atoms with van der Waals surface area (Å²) in [7, 11) is 0. The molecule has 0 heterocycles. The number of allylic oxidation sites excluding steroid dienone is 1. The van der Waals surface area contributed by atoms with Gasteiger partial charge in [0.1, 0.15) is 5.78 Å². The minimum Gasteiger partial charge on any atom is -0.748 e. The first-order valence-electron chi connectivity index (χ1n) is 7.19. The summed E-state index contributed by atoms with van der Waals surface area (Å²) in [6.45, 7) is 0.538. The van der Waals surface area contributed by atoms with Crippen molar-refractivity contribution in [2.24, 2.45) is 5.73 Å². The van der Waals surface area contributed by atoms with Crippen LogP contribution in [-0.2, 0) is 23.6 Å². The number of benzene rings is 1.